The molecule has 3 rings (SSSR count). The van der Waals surface area contributed by atoms with Crippen LogP contribution in [0.1, 0.15) is 26.9 Å². The van der Waals surface area contributed by atoms with Crippen LogP contribution in [0.5, 0.6) is 0 Å². The minimum Gasteiger partial charge on any atom is -0.394 e. The molecule has 0 radical (unpaired) electrons. The zero-order valence-electron chi connectivity index (χ0n) is 17.0. The molecule has 0 saturated carbocycles. The summed E-state index contributed by atoms with van der Waals surface area (Å²) in [4.78, 5) is 15.8. The van der Waals surface area contributed by atoms with E-state index in [9.17, 15) is 26.4 Å². The summed E-state index contributed by atoms with van der Waals surface area (Å²) >= 11 is 0. The second-order valence-corrected chi connectivity index (χ2v) is 9.09. The van der Waals surface area contributed by atoms with Gasteiger partial charge in [0.15, 0.2) is 9.84 Å². The van der Waals surface area contributed by atoms with Gasteiger partial charge >= 0.3 is 0 Å². The van der Waals surface area contributed by atoms with Crippen molar-refractivity contribution in [1.82, 2.24) is 10.3 Å². The van der Waals surface area contributed by atoms with Crippen molar-refractivity contribution in [2.75, 3.05) is 13.2 Å². The molecule has 0 aliphatic rings. The number of amides is 1. The summed E-state index contributed by atoms with van der Waals surface area (Å²) in [6.45, 7) is -1.03. The number of nitrogens with one attached hydrogen (secondary N) is 1. The number of hydrogen-bond acceptors (Lipinski definition) is 6. The van der Waals surface area contributed by atoms with Crippen LogP contribution in [0, 0.1) is 17.5 Å². The smallest absolute Gasteiger partial charge is 0.270 e. The standard InChI is InChI=1S/C22H19F3N2O5S/c23-14-2-5-17(6-3-14)33(31,32)21(18-9-15(24)4-7-19(18)25)13-1-8-20(26-10-13)22(30)27-16(11-28)12-29/h1-10,16,21,28-29H,11-12H2,(H,27,30). The first kappa shape index (κ1) is 24.4. The van der Waals surface area contributed by atoms with E-state index in [1.807, 2.05) is 0 Å². The molecule has 1 atom stereocenters. The Morgan fingerprint density at radius 2 is 1.58 bits per heavy atom. The molecule has 3 N–H and O–H groups in total. The summed E-state index contributed by atoms with van der Waals surface area (Å²) in [5.74, 6) is -3.27. The molecular formula is C22H19F3N2O5S. The van der Waals surface area contributed by atoms with Gasteiger partial charge in [-0.25, -0.2) is 21.6 Å². The van der Waals surface area contributed by atoms with Gasteiger partial charge in [0.2, 0.25) is 0 Å². The number of pyridine rings is 1. The van der Waals surface area contributed by atoms with Crippen molar-refractivity contribution in [2.24, 2.45) is 0 Å². The average Bonchev–Trinajstić information content (AvgIpc) is 2.80. The van der Waals surface area contributed by atoms with Crippen LogP contribution in [-0.4, -0.2) is 48.8 Å². The summed E-state index contributed by atoms with van der Waals surface area (Å²) in [6.07, 6.45) is 1.03. The van der Waals surface area contributed by atoms with E-state index in [4.69, 9.17) is 10.2 Å². The van der Waals surface area contributed by atoms with E-state index < -0.39 is 63.3 Å². The molecule has 3 aromatic rings. The van der Waals surface area contributed by atoms with Crippen molar-refractivity contribution in [2.45, 2.75) is 16.2 Å². The number of carbonyl (C=O) groups excluding carboxylic acids is 1. The first-order chi connectivity index (χ1) is 15.7. The molecule has 1 aromatic heterocycles. The number of sulfone groups is 1. The summed E-state index contributed by atoms with van der Waals surface area (Å²) in [6, 6.07) is 7.70. The zero-order valence-corrected chi connectivity index (χ0v) is 17.8. The number of aromatic nitrogens is 1. The Labute approximate surface area is 187 Å². The molecule has 1 heterocycles. The fourth-order valence-corrected chi connectivity index (χ4v) is 4.91. The number of nitrogens with zero attached hydrogens (tertiary/aromatic N) is 1. The van der Waals surface area contributed by atoms with Gasteiger partial charge in [-0.05, 0) is 54.1 Å². The average molecular weight is 480 g/mol. The molecule has 174 valence electrons. The molecule has 0 bridgehead atoms. The van der Waals surface area contributed by atoms with Crippen molar-refractivity contribution in [3.05, 3.63) is 95.1 Å². The van der Waals surface area contributed by atoms with Crippen LogP contribution in [0.4, 0.5) is 13.2 Å². The van der Waals surface area contributed by atoms with Crippen LogP contribution in [0.3, 0.4) is 0 Å². The van der Waals surface area contributed by atoms with Crippen molar-refractivity contribution >= 4 is 15.7 Å². The quantitative estimate of drug-likeness (QED) is 0.426. The number of benzene rings is 2. The number of rotatable bonds is 8. The first-order valence-electron chi connectivity index (χ1n) is 9.60. The van der Waals surface area contributed by atoms with E-state index in [-0.39, 0.29) is 16.2 Å². The fourth-order valence-electron chi connectivity index (χ4n) is 3.10. The lowest BCUT2D eigenvalue weighted by Crippen LogP contribution is -2.40. The monoisotopic (exact) mass is 480 g/mol. The third-order valence-corrected chi connectivity index (χ3v) is 6.87. The Morgan fingerprint density at radius 3 is 2.15 bits per heavy atom. The summed E-state index contributed by atoms with van der Waals surface area (Å²) in [7, 11) is -4.40. The molecule has 11 heteroatoms. The lowest BCUT2D eigenvalue weighted by Gasteiger charge is -2.20. The van der Waals surface area contributed by atoms with Gasteiger partial charge in [0.25, 0.3) is 5.91 Å². The highest BCUT2D eigenvalue weighted by Crippen LogP contribution is 2.36. The minimum absolute atomic E-state index is 0.0683. The van der Waals surface area contributed by atoms with Crippen molar-refractivity contribution < 1.29 is 36.6 Å². The van der Waals surface area contributed by atoms with Crippen LogP contribution in [0.25, 0.3) is 0 Å². The SMILES string of the molecule is O=C(NC(CO)CO)c1ccc(C(c2cc(F)ccc2F)S(=O)(=O)c2ccc(F)cc2)cn1. The highest BCUT2D eigenvalue weighted by atomic mass is 32.2. The molecule has 7 nitrogen and oxygen atoms in total. The maximum Gasteiger partial charge on any atom is 0.270 e. The van der Waals surface area contributed by atoms with Gasteiger partial charge in [-0.15, -0.1) is 0 Å². The molecule has 0 spiro atoms. The van der Waals surface area contributed by atoms with Gasteiger partial charge < -0.3 is 15.5 Å². The summed E-state index contributed by atoms with van der Waals surface area (Å²) in [5.41, 5.74) is -0.719. The van der Waals surface area contributed by atoms with Gasteiger partial charge in [-0.3, -0.25) is 9.78 Å². The second-order valence-electron chi connectivity index (χ2n) is 7.06. The molecule has 2 aromatic carbocycles. The van der Waals surface area contributed by atoms with Crippen LogP contribution >= 0.6 is 0 Å². The number of aliphatic hydroxyl groups is 2. The minimum atomic E-state index is -4.40. The van der Waals surface area contributed by atoms with Gasteiger partial charge in [0.05, 0.1) is 24.2 Å². The van der Waals surface area contributed by atoms with Gasteiger partial charge in [0, 0.05) is 11.8 Å². The van der Waals surface area contributed by atoms with Crippen molar-refractivity contribution in [3.63, 3.8) is 0 Å². The first-order valence-corrected chi connectivity index (χ1v) is 11.1. The predicted molar refractivity (Wildman–Crippen MR) is 111 cm³/mol. The summed E-state index contributed by atoms with van der Waals surface area (Å²) < 4.78 is 68.6. The second kappa shape index (κ2) is 10.1. The zero-order chi connectivity index (χ0) is 24.2. The highest BCUT2D eigenvalue weighted by Gasteiger charge is 2.34. The molecule has 33 heavy (non-hydrogen) atoms. The van der Waals surface area contributed by atoms with E-state index in [1.165, 1.54) is 12.1 Å². The third kappa shape index (κ3) is 5.38. The Kier molecular flexibility index (Phi) is 7.46. The molecule has 1 amide bonds. The largest absolute Gasteiger partial charge is 0.394 e. The third-order valence-electron chi connectivity index (χ3n) is 4.79. The van der Waals surface area contributed by atoms with E-state index in [2.05, 4.69) is 10.3 Å². The van der Waals surface area contributed by atoms with Crippen LogP contribution in [0.15, 0.2) is 65.7 Å². The maximum atomic E-state index is 14.6. The molecule has 0 fully saturated rings. The molecule has 1 unspecified atom stereocenters. The van der Waals surface area contributed by atoms with E-state index in [1.54, 1.807) is 0 Å². The molecular weight excluding hydrogens is 461 g/mol. The number of halogens is 3. The van der Waals surface area contributed by atoms with E-state index in [0.29, 0.717) is 0 Å². The molecule has 0 saturated heterocycles. The van der Waals surface area contributed by atoms with E-state index in [0.717, 1.165) is 48.7 Å². The number of carbonyl (C=O) groups is 1. The maximum absolute atomic E-state index is 14.6. The predicted octanol–water partition coefficient (Wildman–Crippen LogP) is 2.15. The number of aliphatic hydroxyl groups excluding tert-OH is 2. The Hall–Kier alpha value is -3.28. The normalized spacial score (nSPS) is 12.5. The van der Waals surface area contributed by atoms with E-state index >= 15 is 0 Å². The lowest BCUT2D eigenvalue weighted by molar-refractivity contribution is 0.0874. The van der Waals surface area contributed by atoms with Gasteiger partial charge in [0.1, 0.15) is 28.4 Å². The molecule has 0 aliphatic heterocycles. The van der Waals surface area contributed by atoms with Crippen LogP contribution in [-0.2, 0) is 9.84 Å². The van der Waals surface area contributed by atoms with Crippen LogP contribution in [0.2, 0.25) is 0 Å². The van der Waals surface area contributed by atoms with Crippen molar-refractivity contribution in [3.8, 4) is 0 Å². The highest BCUT2D eigenvalue weighted by molar-refractivity contribution is 7.91. The van der Waals surface area contributed by atoms with Crippen molar-refractivity contribution in [1.29, 1.82) is 0 Å². The lowest BCUT2D eigenvalue weighted by atomic mass is 10.0. The Bertz CT molecular complexity index is 1230. The molecule has 0 aliphatic carbocycles. The number of hydrogen-bond donors (Lipinski definition) is 3. The van der Waals surface area contributed by atoms with Gasteiger partial charge in [-0.1, -0.05) is 6.07 Å². The summed E-state index contributed by atoms with van der Waals surface area (Å²) in [5, 5.41) is 18.7. The topological polar surface area (TPSA) is 117 Å². The van der Waals surface area contributed by atoms with Gasteiger partial charge in [-0.2, -0.15) is 0 Å². The Morgan fingerprint density at radius 1 is 0.939 bits per heavy atom. The van der Waals surface area contributed by atoms with Crippen LogP contribution < -0.4 is 5.32 Å². The fraction of sp³-hybridized carbons (Fsp3) is 0.182. The Balaban J connectivity index is 2.08.